The number of hydrogen-bond donors (Lipinski definition) is 1. The summed E-state index contributed by atoms with van der Waals surface area (Å²) >= 11 is 0. The molecule has 1 aromatic heterocycles. The normalized spacial score (nSPS) is 15.1. The van der Waals surface area contributed by atoms with Gasteiger partial charge in [0.15, 0.2) is 0 Å². The fourth-order valence-electron chi connectivity index (χ4n) is 2.51. The summed E-state index contributed by atoms with van der Waals surface area (Å²) in [6.07, 6.45) is 6.80. The van der Waals surface area contributed by atoms with Gasteiger partial charge < -0.3 is 9.47 Å². The lowest BCUT2D eigenvalue weighted by Gasteiger charge is -2.39. The Morgan fingerprint density at radius 2 is 2.04 bits per heavy atom. The van der Waals surface area contributed by atoms with E-state index in [0.717, 1.165) is 0 Å². The highest BCUT2D eigenvalue weighted by Gasteiger charge is 2.32. The zero-order valence-corrected chi connectivity index (χ0v) is 13.8. The molecule has 0 saturated carbocycles. The molecule has 24 heavy (non-hydrogen) atoms. The van der Waals surface area contributed by atoms with Gasteiger partial charge in [0.2, 0.25) is 10.0 Å². The Morgan fingerprint density at radius 3 is 2.62 bits per heavy atom. The van der Waals surface area contributed by atoms with Crippen molar-refractivity contribution in [2.45, 2.75) is 10.9 Å². The maximum atomic E-state index is 12.4. The number of imidazole rings is 1. The molecule has 0 aliphatic carbocycles. The van der Waals surface area contributed by atoms with Crippen molar-refractivity contribution in [2.24, 2.45) is 0 Å². The minimum absolute atomic E-state index is 0.102. The fraction of sp³-hybridized carbons (Fsp3) is 0.250. The van der Waals surface area contributed by atoms with Crippen LogP contribution in [0.1, 0.15) is 16.4 Å². The largest absolute Gasteiger partial charge is 0.334 e. The van der Waals surface area contributed by atoms with Gasteiger partial charge in [0, 0.05) is 37.6 Å². The zero-order valence-electron chi connectivity index (χ0n) is 13.0. The number of carbonyl (C=O) groups is 1. The highest BCUT2D eigenvalue weighted by Crippen LogP contribution is 2.23. The number of benzene rings is 1. The third kappa shape index (κ3) is 3.24. The number of sulfonamides is 1. The molecular weight excluding hydrogens is 328 g/mol. The fourth-order valence-corrected chi connectivity index (χ4v) is 3.50. The van der Waals surface area contributed by atoms with Gasteiger partial charge in [0.05, 0.1) is 17.3 Å². The monoisotopic (exact) mass is 346 g/mol. The molecule has 0 radical (unpaired) electrons. The lowest BCUT2D eigenvalue weighted by atomic mass is 10.1. The molecular formula is C16H18N4O3S. The van der Waals surface area contributed by atoms with Crippen LogP contribution in [0.5, 0.6) is 0 Å². The van der Waals surface area contributed by atoms with Crippen LogP contribution >= 0.6 is 0 Å². The molecule has 0 unspecified atom stereocenters. The maximum Gasteiger partial charge on any atom is 0.253 e. The molecule has 0 spiro atoms. The summed E-state index contributed by atoms with van der Waals surface area (Å²) in [6.45, 7) is 4.87. The molecule has 126 valence electrons. The van der Waals surface area contributed by atoms with E-state index in [1.807, 2.05) is 10.8 Å². The van der Waals surface area contributed by atoms with Crippen LogP contribution in [-0.2, 0) is 10.0 Å². The molecule has 0 atom stereocenters. The van der Waals surface area contributed by atoms with Gasteiger partial charge in [0.25, 0.3) is 5.91 Å². The van der Waals surface area contributed by atoms with E-state index in [9.17, 15) is 13.2 Å². The Hall–Kier alpha value is -2.45. The minimum Gasteiger partial charge on any atom is -0.334 e. The maximum absolute atomic E-state index is 12.4. The van der Waals surface area contributed by atoms with Crippen molar-refractivity contribution in [3.05, 3.63) is 61.2 Å². The lowest BCUT2D eigenvalue weighted by molar-refractivity contribution is 0.0520. The van der Waals surface area contributed by atoms with Gasteiger partial charge in [-0.2, -0.15) is 0 Å². The second-order valence-electron chi connectivity index (χ2n) is 5.54. The number of hydrogen-bond acceptors (Lipinski definition) is 4. The van der Waals surface area contributed by atoms with Gasteiger partial charge in [-0.15, -0.1) is 6.58 Å². The van der Waals surface area contributed by atoms with Gasteiger partial charge in [-0.3, -0.25) is 4.79 Å². The molecule has 1 amide bonds. The molecule has 1 saturated heterocycles. The summed E-state index contributed by atoms with van der Waals surface area (Å²) in [7, 11) is -3.57. The van der Waals surface area contributed by atoms with Crippen LogP contribution in [-0.4, -0.2) is 48.4 Å². The van der Waals surface area contributed by atoms with Crippen molar-refractivity contribution in [3.8, 4) is 0 Å². The Labute approximate surface area is 140 Å². The summed E-state index contributed by atoms with van der Waals surface area (Å²) in [4.78, 5) is 18.2. The summed E-state index contributed by atoms with van der Waals surface area (Å²) in [5.74, 6) is -0.102. The Balaban J connectivity index is 1.64. The molecule has 2 aromatic rings. The van der Waals surface area contributed by atoms with Gasteiger partial charge >= 0.3 is 0 Å². The Morgan fingerprint density at radius 1 is 1.33 bits per heavy atom. The summed E-state index contributed by atoms with van der Waals surface area (Å²) in [5, 5.41) is 0. The van der Waals surface area contributed by atoms with E-state index in [1.165, 1.54) is 30.3 Å². The van der Waals surface area contributed by atoms with Crippen molar-refractivity contribution >= 4 is 15.9 Å². The van der Waals surface area contributed by atoms with Crippen LogP contribution in [0.25, 0.3) is 0 Å². The first-order chi connectivity index (χ1) is 11.5. The first kappa shape index (κ1) is 16.4. The minimum atomic E-state index is -3.57. The van der Waals surface area contributed by atoms with Crippen molar-refractivity contribution in [1.82, 2.24) is 19.2 Å². The van der Waals surface area contributed by atoms with Crippen LogP contribution in [0.3, 0.4) is 0 Å². The average Bonchev–Trinajstić information content (AvgIpc) is 3.05. The van der Waals surface area contributed by atoms with Crippen LogP contribution in [0.15, 0.2) is 60.5 Å². The molecule has 3 rings (SSSR count). The molecule has 1 aromatic carbocycles. The molecule has 8 heteroatoms. The standard InChI is InChI=1S/C16H18N4O3S/c1-2-7-18-24(22,23)15-5-3-13(4-6-15)16(21)20-10-14(11-20)19-9-8-17-12-19/h2-6,8-9,12,14,18H,1,7,10-11H2. The van der Waals surface area contributed by atoms with E-state index in [-0.39, 0.29) is 23.4 Å². The number of amides is 1. The van der Waals surface area contributed by atoms with Crippen molar-refractivity contribution in [2.75, 3.05) is 19.6 Å². The van der Waals surface area contributed by atoms with E-state index < -0.39 is 10.0 Å². The third-order valence-corrected chi connectivity index (χ3v) is 5.36. The highest BCUT2D eigenvalue weighted by atomic mass is 32.2. The van der Waals surface area contributed by atoms with Crippen molar-refractivity contribution in [3.63, 3.8) is 0 Å². The molecule has 7 nitrogen and oxygen atoms in total. The van der Waals surface area contributed by atoms with Gasteiger partial charge in [-0.05, 0) is 24.3 Å². The molecule has 1 N–H and O–H groups in total. The summed E-state index contributed by atoms with van der Waals surface area (Å²) in [5.41, 5.74) is 0.474. The number of aromatic nitrogens is 2. The van der Waals surface area contributed by atoms with Gasteiger partial charge in [-0.1, -0.05) is 6.08 Å². The van der Waals surface area contributed by atoms with E-state index in [0.29, 0.717) is 18.7 Å². The van der Waals surface area contributed by atoms with Crippen molar-refractivity contribution < 1.29 is 13.2 Å². The zero-order chi connectivity index (χ0) is 17.2. The third-order valence-electron chi connectivity index (χ3n) is 3.93. The van der Waals surface area contributed by atoms with Gasteiger partial charge in [-0.25, -0.2) is 18.1 Å². The number of carbonyl (C=O) groups excluding carboxylic acids is 1. The average molecular weight is 346 g/mol. The predicted molar refractivity (Wildman–Crippen MR) is 89.0 cm³/mol. The lowest BCUT2D eigenvalue weighted by Crippen LogP contribution is -2.50. The topological polar surface area (TPSA) is 84.3 Å². The SMILES string of the molecule is C=CCNS(=O)(=O)c1ccc(C(=O)N2CC(n3ccnc3)C2)cc1. The summed E-state index contributed by atoms with van der Waals surface area (Å²) < 4.78 is 28.3. The molecule has 0 bridgehead atoms. The van der Waals surface area contributed by atoms with Crippen LogP contribution in [0.2, 0.25) is 0 Å². The molecule has 1 fully saturated rings. The predicted octanol–water partition coefficient (Wildman–Crippen LogP) is 1.04. The van der Waals surface area contributed by atoms with E-state index in [2.05, 4.69) is 16.3 Å². The van der Waals surface area contributed by atoms with Crippen molar-refractivity contribution in [1.29, 1.82) is 0 Å². The van der Waals surface area contributed by atoms with Crippen LogP contribution in [0.4, 0.5) is 0 Å². The van der Waals surface area contributed by atoms with Crippen LogP contribution in [0, 0.1) is 0 Å². The van der Waals surface area contributed by atoms with E-state index in [4.69, 9.17) is 0 Å². The second kappa shape index (κ2) is 6.58. The number of nitrogens with one attached hydrogen (secondary N) is 1. The van der Waals surface area contributed by atoms with Crippen LogP contribution < -0.4 is 4.72 Å². The van der Waals surface area contributed by atoms with Gasteiger partial charge in [0.1, 0.15) is 0 Å². The summed E-state index contributed by atoms with van der Waals surface area (Å²) in [6, 6.07) is 6.20. The number of likely N-dealkylation sites (tertiary alicyclic amines) is 1. The molecule has 1 aliphatic heterocycles. The number of nitrogens with zero attached hydrogens (tertiary/aromatic N) is 3. The smallest absolute Gasteiger partial charge is 0.253 e. The quantitative estimate of drug-likeness (QED) is 0.792. The van der Waals surface area contributed by atoms with E-state index >= 15 is 0 Å². The molecule has 1 aliphatic rings. The first-order valence-electron chi connectivity index (χ1n) is 7.48. The second-order valence-corrected chi connectivity index (χ2v) is 7.31. The molecule has 2 heterocycles. The Bertz CT molecular complexity index is 823. The van der Waals surface area contributed by atoms with E-state index in [1.54, 1.807) is 17.4 Å². The first-order valence-corrected chi connectivity index (χ1v) is 8.97. The Kier molecular flexibility index (Phi) is 4.50. The highest BCUT2D eigenvalue weighted by molar-refractivity contribution is 7.89. The number of rotatable bonds is 6.